The molecule has 1 amide bonds. The van der Waals surface area contributed by atoms with Crippen LogP contribution in [0.25, 0.3) is 0 Å². The molecule has 1 aliphatic rings. The Bertz CT molecular complexity index is 390. The summed E-state index contributed by atoms with van der Waals surface area (Å²) < 4.78 is 5.19. The maximum atomic E-state index is 11.8. The van der Waals surface area contributed by atoms with E-state index < -0.39 is 0 Å². The summed E-state index contributed by atoms with van der Waals surface area (Å²) in [6.07, 6.45) is 4.03. The van der Waals surface area contributed by atoms with Gasteiger partial charge in [-0.1, -0.05) is 18.6 Å². The zero-order valence-corrected chi connectivity index (χ0v) is 10.2. The van der Waals surface area contributed by atoms with Gasteiger partial charge < -0.3 is 10.1 Å². The Labute approximate surface area is 102 Å². The average Bonchev–Trinajstić information content (AvgIpc) is 2.55. The molecule has 1 heterocycles. The van der Waals surface area contributed by atoms with Gasteiger partial charge in [-0.2, -0.15) is 0 Å². The van der Waals surface area contributed by atoms with Crippen molar-refractivity contribution in [3.63, 3.8) is 0 Å². The maximum absolute atomic E-state index is 11.8. The summed E-state index contributed by atoms with van der Waals surface area (Å²) in [4.78, 5) is 11.8. The quantitative estimate of drug-likeness (QED) is 0.868. The normalized spacial score (nSPS) is 20.5. The van der Waals surface area contributed by atoms with Crippen molar-refractivity contribution in [2.24, 2.45) is 5.92 Å². The van der Waals surface area contributed by atoms with Crippen molar-refractivity contribution >= 4 is 5.91 Å². The van der Waals surface area contributed by atoms with E-state index in [9.17, 15) is 4.79 Å². The van der Waals surface area contributed by atoms with E-state index in [4.69, 9.17) is 4.74 Å². The monoisotopic (exact) mass is 233 g/mol. The van der Waals surface area contributed by atoms with Crippen LogP contribution in [0.3, 0.4) is 0 Å². The van der Waals surface area contributed by atoms with E-state index in [-0.39, 0.29) is 11.8 Å². The zero-order valence-electron chi connectivity index (χ0n) is 10.2. The number of nitrogens with one attached hydrogen (secondary N) is 1. The van der Waals surface area contributed by atoms with Gasteiger partial charge in [-0.05, 0) is 37.0 Å². The minimum absolute atomic E-state index is 0.115. The second-order valence-corrected chi connectivity index (χ2v) is 4.54. The smallest absolute Gasteiger partial charge is 0.223 e. The van der Waals surface area contributed by atoms with Gasteiger partial charge in [0.05, 0.1) is 7.11 Å². The molecule has 1 aromatic carbocycles. The first kappa shape index (κ1) is 12.0. The highest BCUT2D eigenvalue weighted by atomic mass is 16.5. The van der Waals surface area contributed by atoms with Gasteiger partial charge in [0.15, 0.2) is 0 Å². The molecule has 1 fully saturated rings. The average molecular weight is 233 g/mol. The molecule has 1 N–H and O–H groups in total. The molecule has 17 heavy (non-hydrogen) atoms. The summed E-state index contributed by atoms with van der Waals surface area (Å²) in [6, 6.07) is 7.97. The van der Waals surface area contributed by atoms with E-state index in [2.05, 4.69) is 11.4 Å². The van der Waals surface area contributed by atoms with Crippen LogP contribution >= 0.6 is 0 Å². The fourth-order valence-corrected chi connectivity index (χ4v) is 2.28. The van der Waals surface area contributed by atoms with Crippen molar-refractivity contribution < 1.29 is 9.53 Å². The third kappa shape index (κ3) is 3.22. The second-order valence-electron chi connectivity index (χ2n) is 4.54. The SMILES string of the molecule is COc1cccc(CC2CCCCNC2=O)c1. The first-order valence-corrected chi connectivity index (χ1v) is 6.20. The number of hydrogen-bond acceptors (Lipinski definition) is 2. The third-order valence-corrected chi connectivity index (χ3v) is 3.27. The minimum atomic E-state index is 0.115. The minimum Gasteiger partial charge on any atom is -0.497 e. The number of carbonyl (C=O) groups excluding carboxylic acids is 1. The number of rotatable bonds is 3. The van der Waals surface area contributed by atoms with E-state index in [0.29, 0.717) is 0 Å². The molecule has 1 saturated heterocycles. The molecule has 1 aliphatic heterocycles. The summed E-state index contributed by atoms with van der Waals surface area (Å²) in [5.41, 5.74) is 1.17. The molecule has 2 rings (SSSR count). The molecule has 0 saturated carbocycles. The molecule has 0 radical (unpaired) electrons. The molecule has 0 aliphatic carbocycles. The van der Waals surface area contributed by atoms with Crippen molar-refractivity contribution in [2.75, 3.05) is 13.7 Å². The summed E-state index contributed by atoms with van der Waals surface area (Å²) in [5, 5.41) is 2.97. The van der Waals surface area contributed by atoms with Crippen LogP contribution in [0.1, 0.15) is 24.8 Å². The van der Waals surface area contributed by atoms with Gasteiger partial charge in [-0.25, -0.2) is 0 Å². The lowest BCUT2D eigenvalue weighted by Crippen LogP contribution is -2.30. The largest absolute Gasteiger partial charge is 0.497 e. The van der Waals surface area contributed by atoms with Gasteiger partial charge in [0, 0.05) is 12.5 Å². The zero-order chi connectivity index (χ0) is 12.1. The Balaban J connectivity index is 2.05. The summed E-state index contributed by atoms with van der Waals surface area (Å²) in [7, 11) is 1.66. The van der Waals surface area contributed by atoms with Gasteiger partial charge in [0.25, 0.3) is 0 Å². The summed E-state index contributed by atoms with van der Waals surface area (Å²) in [6.45, 7) is 0.827. The van der Waals surface area contributed by atoms with Crippen LogP contribution in [0.4, 0.5) is 0 Å². The predicted octanol–water partition coefficient (Wildman–Crippen LogP) is 2.15. The van der Waals surface area contributed by atoms with Crippen molar-refractivity contribution in [3.8, 4) is 5.75 Å². The topological polar surface area (TPSA) is 38.3 Å². The van der Waals surface area contributed by atoms with Crippen LogP contribution in [0.15, 0.2) is 24.3 Å². The standard InChI is InChI=1S/C14H19NO2/c1-17-13-7-4-5-11(10-13)9-12-6-2-3-8-15-14(12)16/h4-5,7,10,12H,2-3,6,8-9H2,1H3,(H,15,16). The van der Waals surface area contributed by atoms with E-state index >= 15 is 0 Å². The molecule has 1 unspecified atom stereocenters. The van der Waals surface area contributed by atoms with Crippen LogP contribution in [-0.4, -0.2) is 19.6 Å². The summed E-state index contributed by atoms with van der Waals surface area (Å²) >= 11 is 0. The molecular formula is C14H19NO2. The number of hydrogen-bond donors (Lipinski definition) is 1. The number of benzene rings is 1. The van der Waals surface area contributed by atoms with Crippen molar-refractivity contribution in [3.05, 3.63) is 29.8 Å². The van der Waals surface area contributed by atoms with Gasteiger partial charge in [0.2, 0.25) is 5.91 Å². The molecule has 92 valence electrons. The first-order chi connectivity index (χ1) is 8.29. The number of amides is 1. The predicted molar refractivity (Wildman–Crippen MR) is 67.0 cm³/mol. The Hall–Kier alpha value is -1.51. The van der Waals surface area contributed by atoms with Crippen molar-refractivity contribution in [1.29, 1.82) is 0 Å². The lowest BCUT2D eigenvalue weighted by molar-refractivity contribution is -0.124. The van der Waals surface area contributed by atoms with Gasteiger partial charge in [-0.3, -0.25) is 4.79 Å². The van der Waals surface area contributed by atoms with Crippen LogP contribution in [0.2, 0.25) is 0 Å². The van der Waals surface area contributed by atoms with Gasteiger partial charge >= 0.3 is 0 Å². The molecular weight excluding hydrogens is 214 g/mol. The van der Waals surface area contributed by atoms with Crippen LogP contribution in [0.5, 0.6) is 5.75 Å². The fraction of sp³-hybridized carbons (Fsp3) is 0.500. The molecule has 0 aromatic heterocycles. The van der Waals surface area contributed by atoms with E-state index in [1.165, 1.54) is 5.56 Å². The molecule has 0 bridgehead atoms. The third-order valence-electron chi connectivity index (χ3n) is 3.27. The highest BCUT2D eigenvalue weighted by Crippen LogP contribution is 2.20. The molecule has 1 aromatic rings. The highest BCUT2D eigenvalue weighted by Gasteiger charge is 2.20. The molecule has 0 spiro atoms. The highest BCUT2D eigenvalue weighted by molar-refractivity contribution is 5.79. The molecule has 1 atom stereocenters. The van der Waals surface area contributed by atoms with Crippen LogP contribution < -0.4 is 10.1 Å². The van der Waals surface area contributed by atoms with Crippen LogP contribution in [0, 0.1) is 5.92 Å². The maximum Gasteiger partial charge on any atom is 0.223 e. The van der Waals surface area contributed by atoms with Gasteiger partial charge in [0.1, 0.15) is 5.75 Å². The van der Waals surface area contributed by atoms with E-state index in [1.54, 1.807) is 7.11 Å². The van der Waals surface area contributed by atoms with Crippen molar-refractivity contribution in [2.45, 2.75) is 25.7 Å². The van der Waals surface area contributed by atoms with E-state index in [1.807, 2.05) is 18.2 Å². The number of methoxy groups -OCH3 is 1. The molecule has 3 nitrogen and oxygen atoms in total. The lowest BCUT2D eigenvalue weighted by Gasteiger charge is -2.13. The summed E-state index contributed by atoms with van der Waals surface area (Å²) in [5.74, 6) is 1.17. The Morgan fingerprint density at radius 3 is 3.12 bits per heavy atom. The Morgan fingerprint density at radius 2 is 2.29 bits per heavy atom. The first-order valence-electron chi connectivity index (χ1n) is 6.20. The number of carbonyl (C=O) groups is 1. The van der Waals surface area contributed by atoms with Crippen molar-refractivity contribution in [1.82, 2.24) is 5.32 Å². The Kier molecular flexibility index (Phi) is 4.02. The number of ether oxygens (including phenoxy) is 1. The Morgan fingerprint density at radius 1 is 1.41 bits per heavy atom. The second kappa shape index (κ2) is 5.71. The van der Waals surface area contributed by atoms with Crippen LogP contribution in [-0.2, 0) is 11.2 Å². The van der Waals surface area contributed by atoms with Gasteiger partial charge in [-0.15, -0.1) is 0 Å². The molecule has 3 heteroatoms. The lowest BCUT2D eigenvalue weighted by atomic mass is 9.94. The fourth-order valence-electron chi connectivity index (χ4n) is 2.28. The van der Waals surface area contributed by atoms with E-state index in [0.717, 1.165) is 38.0 Å².